The van der Waals surface area contributed by atoms with Gasteiger partial charge in [-0.1, -0.05) is 0 Å². The van der Waals surface area contributed by atoms with Crippen LogP contribution in [0.1, 0.15) is 19.8 Å². The molecule has 1 heterocycles. The molecule has 4 nitrogen and oxygen atoms in total. The second kappa shape index (κ2) is 6.80. The maximum atomic E-state index is 11.4. The normalized spacial score (nSPS) is 16.9. The Kier molecular flexibility index (Phi) is 5.65. The van der Waals surface area contributed by atoms with Gasteiger partial charge < -0.3 is 15.1 Å². The van der Waals surface area contributed by atoms with E-state index in [0.717, 1.165) is 19.6 Å². The summed E-state index contributed by atoms with van der Waals surface area (Å²) in [5, 5.41) is 3.19. The molecule has 0 aromatic rings. The highest BCUT2D eigenvalue weighted by Crippen LogP contribution is 2.05. The van der Waals surface area contributed by atoms with E-state index >= 15 is 0 Å². The molecule has 15 heavy (non-hydrogen) atoms. The number of carbonyl (C=O) groups is 1. The molecular formula is C11H23N3O. The Balaban J connectivity index is 1.98. The Morgan fingerprint density at radius 2 is 2.07 bits per heavy atom. The van der Waals surface area contributed by atoms with Crippen molar-refractivity contribution in [1.29, 1.82) is 0 Å². The SMILES string of the molecule is CCN(C)C(=O)CNCCN1CCCC1. The number of nitrogens with zero attached hydrogens (tertiary/aromatic N) is 2. The third kappa shape index (κ3) is 4.62. The Hall–Kier alpha value is -0.610. The lowest BCUT2D eigenvalue weighted by molar-refractivity contribution is -0.128. The summed E-state index contributed by atoms with van der Waals surface area (Å²) in [5.41, 5.74) is 0. The summed E-state index contributed by atoms with van der Waals surface area (Å²) >= 11 is 0. The third-order valence-corrected chi connectivity index (χ3v) is 2.98. The van der Waals surface area contributed by atoms with Gasteiger partial charge in [-0.05, 0) is 32.9 Å². The van der Waals surface area contributed by atoms with Crippen LogP contribution in [0, 0.1) is 0 Å². The lowest BCUT2D eigenvalue weighted by Crippen LogP contribution is -2.38. The number of amides is 1. The van der Waals surface area contributed by atoms with Gasteiger partial charge in [-0.25, -0.2) is 0 Å². The average molecular weight is 213 g/mol. The summed E-state index contributed by atoms with van der Waals surface area (Å²) in [7, 11) is 1.84. The molecule has 0 bridgehead atoms. The monoisotopic (exact) mass is 213 g/mol. The zero-order chi connectivity index (χ0) is 11.1. The maximum Gasteiger partial charge on any atom is 0.236 e. The van der Waals surface area contributed by atoms with Gasteiger partial charge in [-0.3, -0.25) is 4.79 Å². The molecule has 0 aromatic heterocycles. The van der Waals surface area contributed by atoms with Gasteiger partial charge in [0.1, 0.15) is 0 Å². The molecule has 1 saturated heterocycles. The standard InChI is InChI=1S/C11H23N3O/c1-3-13(2)11(15)10-12-6-9-14-7-4-5-8-14/h12H,3-10H2,1-2H3. The van der Waals surface area contributed by atoms with E-state index in [2.05, 4.69) is 10.2 Å². The van der Waals surface area contributed by atoms with Crippen molar-refractivity contribution in [2.45, 2.75) is 19.8 Å². The molecule has 1 aliphatic heterocycles. The number of nitrogens with one attached hydrogen (secondary N) is 1. The molecule has 0 aromatic carbocycles. The predicted molar refractivity (Wildman–Crippen MR) is 61.9 cm³/mol. The minimum Gasteiger partial charge on any atom is -0.345 e. The first-order valence-corrected chi connectivity index (χ1v) is 5.91. The summed E-state index contributed by atoms with van der Waals surface area (Å²) in [5.74, 6) is 0.180. The minimum absolute atomic E-state index is 0.180. The van der Waals surface area contributed by atoms with E-state index in [9.17, 15) is 4.79 Å². The molecule has 1 fully saturated rings. The Labute approximate surface area is 92.6 Å². The fraction of sp³-hybridized carbons (Fsp3) is 0.909. The van der Waals surface area contributed by atoms with Crippen LogP contribution < -0.4 is 5.32 Å². The topological polar surface area (TPSA) is 35.6 Å². The summed E-state index contributed by atoms with van der Waals surface area (Å²) in [6.07, 6.45) is 2.66. The summed E-state index contributed by atoms with van der Waals surface area (Å²) < 4.78 is 0. The van der Waals surface area contributed by atoms with Crippen molar-refractivity contribution < 1.29 is 4.79 Å². The van der Waals surface area contributed by atoms with E-state index in [4.69, 9.17) is 0 Å². The summed E-state index contributed by atoms with van der Waals surface area (Å²) in [6.45, 7) is 7.69. The van der Waals surface area contributed by atoms with Crippen LogP contribution in [-0.2, 0) is 4.79 Å². The van der Waals surface area contributed by atoms with E-state index in [1.54, 1.807) is 4.90 Å². The zero-order valence-electron chi connectivity index (χ0n) is 9.96. The second-order valence-electron chi connectivity index (χ2n) is 4.13. The van der Waals surface area contributed by atoms with Gasteiger partial charge in [0, 0.05) is 26.7 Å². The highest BCUT2D eigenvalue weighted by atomic mass is 16.2. The highest BCUT2D eigenvalue weighted by molar-refractivity contribution is 5.77. The number of hydrogen-bond acceptors (Lipinski definition) is 3. The van der Waals surface area contributed by atoms with Gasteiger partial charge in [-0.15, -0.1) is 0 Å². The number of carbonyl (C=O) groups excluding carboxylic acids is 1. The molecule has 88 valence electrons. The van der Waals surface area contributed by atoms with E-state index in [1.807, 2.05) is 14.0 Å². The zero-order valence-corrected chi connectivity index (χ0v) is 9.96. The molecule has 0 unspecified atom stereocenters. The molecule has 1 rings (SSSR count). The predicted octanol–water partition coefficient (Wildman–Crippen LogP) is 0.150. The Morgan fingerprint density at radius 3 is 2.67 bits per heavy atom. The quantitative estimate of drug-likeness (QED) is 0.638. The van der Waals surface area contributed by atoms with Crippen LogP contribution in [0.4, 0.5) is 0 Å². The molecule has 0 spiro atoms. The summed E-state index contributed by atoms with van der Waals surface area (Å²) in [4.78, 5) is 15.6. The van der Waals surface area contributed by atoms with Crippen molar-refractivity contribution >= 4 is 5.91 Å². The number of hydrogen-bond donors (Lipinski definition) is 1. The number of likely N-dealkylation sites (N-methyl/N-ethyl adjacent to an activating group) is 1. The van der Waals surface area contributed by atoms with Crippen LogP contribution in [0.15, 0.2) is 0 Å². The molecule has 1 amide bonds. The molecule has 0 aliphatic carbocycles. The Morgan fingerprint density at radius 1 is 1.40 bits per heavy atom. The van der Waals surface area contributed by atoms with Gasteiger partial charge in [0.05, 0.1) is 6.54 Å². The lowest BCUT2D eigenvalue weighted by Gasteiger charge is -2.17. The first-order chi connectivity index (χ1) is 7.24. The van der Waals surface area contributed by atoms with Crippen molar-refractivity contribution in [2.75, 3.05) is 46.3 Å². The molecule has 1 aliphatic rings. The van der Waals surface area contributed by atoms with E-state index in [0.29, 0.717) is 6.54 Å². The van der Waals surface area contributed by atoms with Gasteiger partial charge >= 0.3 is 0 Å². The van der Waals surface area contributed by atoms with Gasteiger partial charge in [0.25, 0.3) is 0 Å². The second-order valence-corrected chi connectivity index (χ2v) is 4.13. The van der Waals surface area contributed by atoms with Crippen LogP contribution in [0.5, 0.6) is 0 Å². The van der Waals surface area contributed by atoms with Gasteiger partial charge in [-0.2, -0.15) is 0 Å². The van der Waals surface area contributed by atoms with Crippen LogP contribution in [0.2, 0.25) is 0 Å². The van der Waals surface area contributed by atoms with E-state index in [-0.39, 0.29) is 5.91 Å². The van der Waals surface area contributed by atoms with Gasteiger partial charge in [0.2, 0.25) is 5.91 Å². The maximum absolute atomic E-state index is 11.4. The van der Waals surface area contributed by atoms with E-state index in [1.165, 1.54) is 25.9 Å². The lowest BCUT2D eigenvalue weighted by atomic mass is 10.4. The smallest absolute Gasteiger partial charge is 0.236 e. The number of likely N-dealkylation sites (tertiary alicyclic amines) is 1. The average Bonchev–Trinajstić information content (AvgIpc) is 2.75. The molecule has 0 saturated carbocycles. The van der Waals surface area contributed by atoms with Gasteiger partial charge in [0.15, 0.2) is 0 Å². The minimum atomic E-state index is 0.180. The van der Waals surface area contributed by atoms with Crippen LogP contribution in [-0.4, -0.2) is 62.0 Å². The number of rotatable bonds is 6. The first kappa shape index (κ1) is 12.5. The highest BCUT2D eigenvalue weighted by Gasteiger charge is 2.10. The molecule has 4 heteroatoms. The molecule has 1 N–H and O–H groups in total. The van der Waals surface area contributed by atoms with Crippen molar-refractivity contribution in [3.05, 3.63) is 0 Å². The van der Waals surface area contributed by atoms with Crippen LogP contribution in [0.25, 0.3) is 0 Å². The fourth-order valence-corrected chi connectivity index (χ4v) is 1.75. The van der Waals surface area contributed by atoms with E-state index < -0.39 is 0 Å². The fourth-order valence-electron chi connectivity index (χ4n) is 1.75. The van der Waals surface area contributed by atoms with Crippen LogP contribution >= 0.6 is 0 Å². The molecule has 0 radical (unpaired) electrons. The van der Waals surface area contributed by atoms with Crippen molar-refractivity contribution in [1.82, 2.24) is 15.1 Å². The summed E-state index contributed by atoms with van der Waals surface area (Å²) in [6, 6.07) is 0. The largest absolute Gasteiger partial charge is 0.345 e. The van der Waals surface area contributed by atoms with Crippen molar-refractivity contribution in [3.8, 4) is 0 Å². The molecule has 0 atom stereocenters. The third-order valence-electron chi connectivity index (χ3n) is 2.98. The van der Waals surface area contributed by atoms with Crippen molar-refractivity contribution in [2.24, 2.45) is 0 Å². The van der Waals surface area contributed by atoms with Crippen molar-refractivity contribution in [3.63, 3.8) is 0 Å². The van der Waals surface area contributed by atoms with Crippen LogP contribution in [0.3, 0.4) is 0 Å². The Bertz CT molecular complexity index is 190. The molecular weight excluding hydrogens is 190 g/mol. The first-order valence-electron chi connectivity index (χ1n) is 5.91.